The summed E-state index contributed by atoms with van der Waals surface area (Å²) in [7, 11) is 0. The molecule has 0 atom stereocenters. The van der Waals surface area contributed by atoms with Crippen LogP contribution < -0.4 is 5.32 Å². The largest absolute Gasteiger partial charge is 0.339 e. The Morgan fingerprint density at radius 1 is 1.00 bits per heavy atom. The maximum atomic E-state index is 12.2. The van der Waals surface area contributed by atoms with Crippen molar-refractivity contribution in [3.8, 4) is 0 Å². The van der Waals surface area contributed by atoms with Crippen molar-refractivity contribution in [1.82, 2.24) is 15.1 Å². The van der Waals surface area contributed by atoms with Crippen molar-refractivity contribution in [1.29, 1.82) is 0 Å². The van der Waals surface area contributed by atoms with Gasteiger partial charge in [-0.05, 0) is 19.3 Å². The molecule has 1 N–H and O–H groups in total. The van der Waals surface area contributed by atoms with E-state index >= 15 is 0 Å². The minimum atomic E-state index is 0.0579. The van der Waals surface area contributed by atoms with E-state index in [1.165, 1.54) is 19.3 Å². The third-order valence-electron chi connectivity index (χ3n) is 4.60. The SMILES string of the molecule is CCCCC(=O)N1CCN(C(=O)NC2CCCCC2)CC1. The number of nitrogens with one attached hydrogen (secondary N) is 1. The van der Waals surface area contributed by atoms with Gasteiger partial charge in [0.15, 0.2) is 0 Å². The van der Waals surface area contributed by atoms with Gasteiger partial charge < -0.3 is 15.1 Å². The molecule has 5 heteroatoms. The van der Waals surface area contributed by atoms with Crippen LogP contribution in [0.3, 0.4) is 0 Å². The standard InChI is InChI=1S/C16H29N3O2/c1-2-3-9-15(20)18-10-12-19(13-11-18)16(21)17-14-7-5-4-6-8-14/h14H,2-13H2,1H3,(H,17,21). The van der Waals surface area contributed by atoms with E-state index in [4.69, 9.17) is 0 Å². The van der Waals surface area contributed by atoms with Crippen LogP contribution >= 0.6 is 0 Å². The van der Waals surface area contributed by atoms with E-state index in [0.29, 0.717) is 38.6 Å². The van der Waals surface area contributed by atoms with E-state index in [9.17, 15) is 9.59 Å². The number of hydrogen-bond donors (Lipinski definition) is 1. The number of carbonyl (C=O) groups is 2. The number of unbranched alkanes of at least 4 members (excludes halogenated alkanes) is 1. The summed E-state index contributed by atoms with van der Waals surface area (Å²) in [5.41, 5.74) is 0. The molecule has 1 aliphatic carbocycles. The Balaban J connectivity index is 1.70. The van der Waals surface area contributed by atoms with Gasteiger partial charge in [0.05, 0.1) is 0 Å². The normalized spacial score (nSPS) is 20.4. The fraction of sp³-hybridized carbons (Fsp3) is 0.875. The predicted molar refractivity (Wildman–Crippen MR) is 83.1 cm³/mol. The molecule has 0 radical (unpaired) electrons. The van der Waals surface area contributed by atoms with Gasteiger partial charge in [-0.25, -0.2) is 4.79 Å². The van der Waals surface area contributed by atoms with Crippen molar-refractivity contribution in [3.63, 3.8) is 0 Å². The lowest BCUT2D eigenvalue weighted by atomic mass is 9.96. The van der Waals surface area contributed by atoms with Gasteiger partial charge in [-0.3, -0.25) is 4.79 Å². The molecule has 5 nitrogen and oxygen atoms in total. The molecule has 1 heterocycles. The maximum absolute atomic E-state index is 12.2. The van der Waals surface area contributed by atoms with Gasteiger partial charge in [-0.15, -0.1) is 0 Å². The Labute approximate surface area is 128 Å². The van der Waals surface area contributed by atoms with Crippen LogP contribution in [-0.4, -0.2) is 54.0 Å². The van der Waals surface area contributed by atoms with Crippen LogP contribution in [0.1, 0.15) is 58.3 Å². The summed E-state index contributed by atoms with van der Waals surface area (Å²) in [4.78, 5) is 27.9. The van der Waals surface area contributed by atoms with Crippen molar-refractivity contribution < 1.29 is 9.59 Å². The Bertz CT molecular complexity index is 345. The maximum Gasteiger partial charge on any atom is 0.317 e. The molecule has 120 valence electrons. The minimum Gasteiger partial charge on any atom is -0.339 e. The predicted octanol–water partition coefficient (Wildman–Crippen LogP) is 2.36. The first-order valence-corrected chi connectivity index (χ1v) is 8.54. The second-order valence-corrected chi connectivity index (χ2v) is 6.26. The van der Waals surface area contributed by atoms with Gasteiger partial charge in [0.25, 0.3) is 0 Å². The van der Waals surface area contributed by atoms with E-state index in [0.717, 1.165) is 25.7 Å². The zero-order chi connectivity index (χ0) is 15.1. The van der Waals surface area contributed by atoms with Crippen LogP contribution in [0.5, 0.6) is 0 Å². The number of amides is 3. The van der Waals surface area contributed by atoms with E-state index in [2.05, 4.69) is 12.2 Å². The topological polar surface area (TPSA) is 52.7 Å². The lowest BCUT2D eigenvalue weighted by Crippen LogP contribution is -2.54. The second kappa shape index (κ2) is 8.25. The van der Waals surface area contributed by atoms with Gasteiger partial charge in [0, 0.05) is 38.6 Å². The van der Waals surface area contributed by atoms with Crippen molar-refractivity contribution in [2.75, 3.05) is 26.2 Å². The molecule has 2 aliphatic rings. The van der Waals surface area contributed by atoms with Crippen molar-refractivity contribution in [3.05, 3.63) is 0 Å². The van der Waals surface area contributed by atoms with Crippen LogP contribution in [0.25, 0.3) is 0 Å². The van der Waals surface area contributed by atoms with Crippen LogP contribution in [0.4, 0.5) is 4.79 Å². The minimum absolute atomic E-state index is 0.0579. The number of carbonyl (C=O) groups excluding carboxylic acids is 2. The van der Waals surface area contributed by atoms with Gasteiger partial charge >= 0.3 is 6.03 Å². The third-order valence-corrected chi connectivity index (χ3v) is 4.60. The number of nitrogens with zero attached hydrogens (tertiary/aromatic N) is 2. The van der Waals surface area contributed by atoms with Crippen LogP contribution in [0.15, 0.2) is 0 Å². The summed E-state index contributed by atoms with van der Waals surface area (Å²) in [6, 6.07) is 0.415. The molecule has 2 rings (SSSR count). The molecule has 0 aromatic carbocycles. The molecule has 0 spiro atoms. The molecule has 0 bridgehead atoms. The molecule has 0 unspecified atom stereocenters. The number of urea groups is 1. The molecule has 0 aromatic heterocycles. The van der Waals surface area contributed by atoms with E-state index in [-0.39, 0.29) is 11.9 Å². The Kier molecular flexibility index (Phi) is 6.33. The molecular formula is C16H29N3O2. The number of rotatable bonds is 4. The lowest BCUT2D eigenvalue weighted by molar-refractivity contribution is -0.132. The number of hydrogen-bond acceptors (Lipinski definition) is 2. The van der Waals surface area contributed by atoms with Crippen molar-refractivity contribution >= 4 is 11.9 Å². The lowest BCUT2D eigenvalue weighted by Gasteiger charge is -2.36. The van der Waals surface area contributed by atoms with Gasteiger partial charge in [0.1, 0.15) is 0 Å². The summed E-state index contributed by atoms with van der Waals surface area (Å²) in [6.07, 6.45) is 8.63. The molecule has 3 amide bonds. The van der Waals surface area contributed by atoms with Gasteiger partial charge in [-0.2, -0.15) is 0 Å². The molecule has 2 fully saturated rings. The summed E-state index contributed by atoms with van der Waals surface area (Å²) in [5.74, 6) is 0.240. The highest BCUT2D eigenvalue weighted by atomic mass is 16.2. The van der Waals surface area contributed by atoms with Crippen molar-refractivity contribution in [2.24, 2.45) is 0 Å². The molecule has 1 saturated heterocycles. The van der Waals surface area contributed by atoms with Crippen LogP contribution in [-0.2, 0) is 4.79 Å². The number of piperazine rings is 1. The highest BCUT2D eigenvalue weighted by Crippen LogP contribution is 2.17. The van der Waals surface area contributed by atoms with Crippen LogP contribution in [0.2, 0.25) is 0 Å². The first kappa shape index (κ1) is 16.1. The monoisotopic (exact) mass is 295 g/mol. The summed E-state index contributed by atoms with van der Waals surface area (Å²) < 4.78 is 0. The highest BCUT2D eigenvalue weighted by Gasteiger charge is 2.25. The Morgan fingerprint density at radius 3 is 2.24 bits per heavy atom. The molecule has 1 aliphatic heterocycles. The summed E-state index contributed by atoms with van der Waals surface area (Å²) in [5, 5.41) is 3.15. The second-order valence-electron chi connectivity index (χ2n) is 6.26. The van der Waals surface area contributed by atoms with E-state index in [1.807, 2.05) is 9.80 Å². The van der Waals surface area contributed by atoms with Gasteiger partial charge in [-0.1, -0.05) is 32.6 Å². The van der Waals surface area contributed by atoms with E-state index in [1.54, 1.807) is 0 Å². The Hall–Kier alpha value is -1.26. The van der Waals surface area contributed by atoms with E-state index < -0.39 is 0 Å². The fourth-order valence-electron chi connectivity index (χ4n) is 3.16. The average Bonchev–Trinajstić information content (AvgIpc) is 2.53. The zero-order valence-electron chi connectivity index (χ0n) is 13.3. The first-order valence-electron chi connectivity index (χ1n) is 8.54. The quantitative estimate of drug-likeness (QED) is 0.865. The Morgan fingerprint density at radius 2 is 1.62 bits per heavy atom. The summed E-state index contributed by atoms with van der Waals surface area (Å²) in [6.45, 7) is 4.79. The highest BCUT2D eigenvalue weighted by molar-refractivity contribution is 5.77. The fourth-order valence-corrected chi connectivity index (χ4v) is 3.16. The van der Waals surface area contributed by atoms with Crippen LogP contribution in [0, 0.1) is 0 Å². The molecular weight excluding hydrogens is 266 g/mol. The zero-order valence-corrected chi connectivity index (χ0v) is 13.3. The third kappa shape index (κ3) is 4.90. The average molecular weight is 295 g/mol. The molecule has 1 saturated carbocycles. The summed E-state index contributed by atoms with van der Waals surface area (Å²) >= 11 is 0. The van der Waals surface area contributed by atoms with Crippen molar-refractivity contribution in [2.45, 2.75) is 64.3 Å². The smallest absolute Gasteiger partial charge is 0.317 e. The molecule has 0 aromatic rings. The first-order chi connectivity index (χ1) is 10.2. The molecule has 21 heavy (non-hydrogen) atoms. The van der Waals surface area contributed by atoms with Gasteiger partial charge in [0.2, 0.25) is 5.91 Å².